The lowest BCUT2D eigenvalue weighted by Crippen LogP contribution is -2.05. The van der Waals surface area contributed by atoms with E-state index in [0.29, 0.717) is 16.6 Å². The molecule has 19 heavy (non-hydrogen) atoms. The Bertz CT molecular complexity index is 653. The largest absolute Gasteiger partial charge is 0.263 e. The molecule has 0 N–H and O–H groups in total. The number of benzene rings is 1. The molecule has 0 aliphatic heterocycles. The average Bonchev–Trinajstić information content (AvgIpc) is 2.62. The van der Waals surface area contributed by atoms with Crippen molar-refractivity contribution in [3.63, 3.8) is 0 Å². The van der Waals surface area contributed by atoms with E-state index in [9.17, 15) is 0 Å². The number of aryl methyl sites for hydroxylation is 1. The molecule has 2 aromatic rings. The van der Waals surface area contributed by atoms with Crippen LogP contribution in [0.5, 0.6) is 0 Å². The van der Waals surface area contributed by atoms with Gasteiger partial charge in [-0.05, 0) is 38.2 Å². The van der Waals surface area contributed by atoms with Gasteiger partial charge in [0, 0.05) is 15.6 Å². The van der Waals surface area contributed by atoms with E-state index in [4.69, 9.17) is 23.2 Å². The van der Waals surface area contributed by atoms with Crippen molar-refractivity contribution < 1.29 is 0 Å². The van der Waals surface area contributed by atoms with Crippen LogP contribution in [-0.2, 0) is 6.54 Å². The molecule has 0 aliphatic carbocycles. The van der Waals surface area contributed by atoms with Gasteiger partial charge in [-0.3, -0.25) is 4.68 Å². The maximum atomic E-state index is 6.16. The molecule has 98 valence electrons. The number of aliphatic imine (C=N–C) groups is 1. The van der Waals surface area contributed by atoms with Crippen LogP contribution in [0.3, 0.4) is 0 Å². The smallest absolute Gasteiger partial charge is 0.118 e. The lowest BCUT2D eigenvalue weighted by molar-refractivity contribution is 0.659. The zero-order valence-corrected chi connectivity index (χ0v) is 12.8. The summed E-state index contributed by atoms with van der Waals surface area (Å²) in [7, 11) is 0. The van der Waals surface area contributed by atoms with Gasteiger partial charge in [0.05, 0.1) is 23.1 Å². The van der Waals surface area contributed by atoms with Gasteiger partial charge in [-0.15, -0.1) is 0 Å². The minimum Gasteiger partial charge on any atom is -0.263 e. The molecule has 2 rings (SSSR count). The zero-order valence-electron chi connectivity index (χ0n) is 10.4. The number of hydrogen-bond acceptors (Lipinski definition) is 3. The van der Waals surface area contributed by atoms with Crippen LogP contribution in [0.4, 0.5) is 5.69 Å². The number of nitrogens with zero attached hydrogens (tertiary/aromatic N) is 3. The molecule has 0 atom stereocenters. The highest BCUT2D eigenvalue weighted by atomic mass is 35.5. The van der Waals surface area contributed by atoms with E-state index in [1.807, 2.05) is 36.7 Å². The fraction of sp³-hybridized carbons (Fsp3) is 0.231. The van der Waals surface area contributed by atoms with Crippen molar-refractivity contribution in [2.75, 3.05) is 0 Å². The third kappa shape index (κ3) is 2.88. The number of thiocarbonyl (C=S) groups is 1. The molecule has 6 heteroatoms. The van der Waals surface area contributed by atoms with Gasteiger partial charge in [0.1, 0.15) is 5.69 Å². The molecular formula is C13H11Cl2N3S. The van der Waals surface area contributed by atoms with Crippen molar-refractivity contribution in [2.45, 2.75) is 20.4 Å². The Balaban J connectivity index is 2.45. The standard InChI is InChI=1S/C13H11Cl2N3S/c1-8-13(16-7-19)9(2)18(17-8)6-10-11(14)4-3-5-12(10)15/h3-5H,6H2,1-2H3. The average molecular weight is 312 g/mol. The van der Waals surface area contributed by atoms with Crippen molar-refractivity contribution in [1.29, 1.82) is 0 Å². The second kappa shape index (κ2) is 5.85. The molecular weight excluding hydrogens is 301 g/mol. The van der Waals surface area contributed by atoms with Crippen LogP contribution in [0.25, 0.3) is 0 Å². The van der Waals surface area contributed by atoms with Crippen molar-refractivity contribution in [1.82, 2.24) is 9.78 Å². The molecule has 0 fully saturated rings. The van der Waals surface area contributed by atoms with E-state index in [-0.39, 0.29) is 0 Å². The molecule has 3 nitrogen and oxygen atoms in total. The van der Waals surface area contributed by atoms with Gasteiger partial charge in [0.2, 0.25) is 0 Å². The second-order valence-electron chi connectivity index (χ2n) is 4.08. The fourth-order valence-electron chi connectivity index (χ4n) is 1.88. The van der Waals surface area contributed by atoms with Crippen molar-refractivity contribution in [3.8, 4) is 0 Å². The first-order valence-corrected chi connectivity index (χ1v) is 6.75. The van der Waals surface area contributed by atoms with Crippen molar-refractivity contribution >= 4 is 46.3 Å². The van der Waals surface area contributed by atoms with Crippen LogP contribution in [-0.4, -0.2) is 14.9 Å². The predicted molar refractivity (Wildman–Crippen MR) is 82.0 cm³/mol. The first kappa shape index (κ1) is 14.2. The zero-order chi connectivity index (χ0) is 14.0. The molecule has 0 unspecified atom stereocenters. The number of halogens is 2. The van der Waals surface area contributed by atoms with E-state index in [2.05, 4.69) is 27.5 Å². The molecule has 0 bridgehead atoms. The van der Waals surface area contributed by atoms with Gasteiger partial charge in [0.15, 0.2) is 0 Å². The number of aromatic nitrogens is 2. The monoisotopic (exact) mass is 311 g/mol. The third-order valence-corrected chi connectivity index (χ3v) is 3.67. The third-order valence-electron chi connectivity index (χ3n) is 2.87. The second-order valence-corrected chi connectivity index (χ2v) is 5.08. The van der Waals surface area contributed by atoms with E-state index in [1.54, 1.807) is 0 Å². The van der Waals surface area contributed by atoms with Crippen LogP contribution < -0.4 is 0 Å². The number of rotatable bonds is 3. The molecule has 0 saturated carbocycles. The molecule has 1 aromatic heterocycles. The normalized spacial score (nSPS) is 10.3. The minimum atomic E-state index is 0.498. The Morgan fingerprint density at radius 2 is 1.95 bits per heavy atom. The first-order chi connectivity index (χ1) is 9.04. The summed E-state index contributed by atoms with van der Waals surface area (Å²) < 4.78 is 1.81. The van der Waals surface area contributed by atoms with Gasteiger partial charge in [0.25, 0.3) is 0 Å². The SMILES string of the molecule is Cc1nn(Cc2c(Cl)cccc2Cl)c(C)c1N=C=S. The van der Waals surface area contributed by atoms with E-state index in [1.165, 1.54) is 0 Å². The van der Waals surface area contributed by atoms with Gasteiger partial charge >= 0.3 is 0 Å². The highest BCUT2D eigenvalue weighted by molar-refractivity contribution is 7.78. The highest BCUT2D eigenvalue weighted by Gasteiger charge is 2.13. The lowest BCUT2D eigenvalue weighted by Gasteiger charge is -2.08. The Labute approximate surface area is 126 Å². The van der Waals surface area contributed by atoms with Crippen LogP contribution >= 0.6 is 35.4 Å². The summed E-state index contributed by atoms with van der Waals surface area (Å²) in [5, 5.41) is 8.04. The summed E-state index contributed by atoms with van der Waals surface area (Å²) in [5.41, 5.74) is 3.30. The quantitative estimate of drug-likeness (QED) is 0.613. The Kier molecular flexibility index (Phi) is 4.38. The predicted octanol–water partition coefficient (Wildman–Crippen LogP) is 4.59. The van der Waals surface area contributed by atoms with E-state index in [0.717, 1.165) is 22.6 Å². The molecule has 0 amide bonds. The summed E-state index contributed by atoms with van der Waals surface area (Å²) in [5.74, 6) is 0. The summed E-state index contributed by atoms with van der Waals surface area (Å²) >= 11 is 17.0. The summed E-state index contributed by atoms with van der Waals surface area (Å²) in [6, 6.07) is 5.44. The van der Waals surface area contributed by atoms with Crippen LogP contribution in [0, 0.1) is 13.8 Å². The van der Waals surface area contributed by atoms with Crippen LogP contribution in [0.2, 0.25) is 10.0 Å². The van der Waals surface area contributed by atoms with Gasteiger partial charge in [-0.25, -0.2) is 0 Å². The number of hydrogen-bond donors (Lipinski definition) is 0. The van der Waals surface area contributed by atoms with E-state index >= 15 is 0 Å². The number of isothiocyanates is 1. The van der Waals surface area contributed by atoms with Crippen LogP contribution in [0.1, 0.15) is 17.0 Å². The molecule has 1 heterocycles. The van der Waals surface area contributed by atoms with Crippen LogP contribution in [0.15, 0.2) is 23.2 Å². The minimum absolute atomic E-state index is 0.498. The van der Waals surface area contributed by atoms with Gasteiger partial charge < -0.3 is 0 Å². The molecule has 0 aliphatic rings. The highest BCUT2D eigenvalue weighted by Crippen LogP contribution is 2.28. The van der Waals surface area contributed by atoms with E-state index < -0.39 is 0 Å². The first-order valence-electron chi connectivity index (χ1n) is 5.59. The molecule has 0 saturated heterocycles. The Morgan fingerprint density at radius 1 is 1.32 bits per heavy atom. The fourth-order valence-corrected chi connectivity index (χ4v) is 2.49. The summed E-state index contributed by atoms with van der Waals surface area (Å²) in [6.45, 7) is 4.30. The topological polar surface area (TPSA) is 30.2 Å². The van der Waals surface area contributed by atoms with Crippen molar-refractivity contribution in [3.05, 3.63) is 45.2 Å². The van der Waals surface area contributed by atoms with Gasteiger partial charge in [-0.2, -0.15) is 10.1 Å². The molecule has 0 radical (unpaired) electrons. The van der Waals surface area contributed by atoms with Crippen molar-refractivity contribution in [2.24, 2.45) is 4.99 Å². The summed E-state index contributed by atoms with van der Waals surface area (Å²) in [4.78, 5) is 4.03. The molecule has 0 spiro atoms. The van der Waals surface area contributed by atoms with Gasteiger partial charge in [-0.1, -0.05) is 29.3 Å². The summed E-state index contributed by atoms with van der Waals surface area (Å²) in [6.07, 6.45) is 0. The molecule has 1 aromatic carbocycles. The lowest BCUT2D eigenvalue weighted by atomic mass is 10.2. The maximum absolute atomic E-state index is 6.16. The maximum Gasteiger partial charge on any atom is 0.118 e. The Hall–Kier alpha value is -1.19. The Morgan fingerprint density at radius 3 is 2.53 bits per heavy atom.